The number of hydrogen-bond acceptors (Lipinski definition) is 1. The van der Waals surface area contributed by atoms with E-state index in [0.717, 1.165) is 27.6 Å². The van der Waals surface area contributed by atoms with E-state index in [1.54, 1.807) is 4.57 Å². The molecule has 2 aromatic heterocycles. The number of aromatic amines is 1. The molecule has 4 heteroatoms. The number of para-hydroxylation sites is 1. The minimum Gasteiger partial charge on any atom is -0.480 e. The molecule has 1 aromatic carbocycles. The number of fused-ring (bicyclic) bond motifs is 1. The van der Waals surface area contributed by atoms with Gasteiger partial charge in [-0.25, -0.2) is 4.79 Å². The van der Waals surface area contributed by atoms with Gasteiger partial charge in [-0.15, -0.1) is 0 Å². The first-order valence-corrected chi connectivity index (χ1v) is 6.98. The molecule has 0 fully saturated rings. The number of nitrogens with one attached hydrogen (secondary N) is 1. The minimum atomic E-state index is -0.810. The van der Waals surface area contributed by atoms with E-state index in [-0.39, 0.29) is 0 Å². The fourth-order valence-electron chi connectivity index (χ4n) is 2.70. The molecule has 0 radical (unpaired) electrons. The number of aliphatic carboxylic acids is 1. The lowest BCUT2D eigenvalue weighted by molar-refractivity contribution is -0.140. The molecular formula is C17H18N2O2. The monoisotopic (exact) mass is 282 g/mol. The quantitative estimate of drug-likeness (QED) is 0.770. The van der Waals surface area contributed by atoms with Crippen LogP contribution in [-0.2, 0) is 11.2 Å². The summed E-state index contributed by atoms with van der Waals surface area (Å²) >= 11 is 0. The summed E-state index contributed by atoms with van der Waals surface area (Å²) < 4.78 is 1.80. The normalized spacial score (nSPS) is 12.7. The Morgan fingerprint density at radius 3 is 2.57 bits per heavy atom. The predicted octanol–water partition coefficient (Wildman–Crippen LogP) is 3.45. The zero-order chi connectivity index (χ0) is 15.0. The van der Waals surface area contributed by atoms with Gasteiger partial charge in [0.1, 0.15) is 6.04 Å². The van der Waals surface area contributed by atoms with Gasteiger partial charge < -0.3 is 14.7 Å². The summed E-state index contributed by atoms with van der Waals surface area (Å²) in [5, 5.41) is 10.7. The summed E-state index contributed by atoms with van der Waals surface area (Å²) in [6.45, 7) is 3.99. The van der Waals surface area contributed by atoms with Gasteiger partial charge in [0.15, 0.2) is 0 Å². The van der Waals surface area contributed by atoms with Crippen LogP contribution >= 0.6 is 0 Å². The first-order valence-electron chi connectivity index (χ1n) is 6.98. The highest BCUT2D eigenvalue weighted by Crippen LogP contribution is 2.24. The number of H-pyrrole nitrogens is 1. The fraction of sp³-hybridized carbons (Fsp3) is 0.235. The van der Waals surface area contributed by atoms with Gasteiger partial charge in [0.25, 0.3) is 0 Å². The maximum atomic E-state index is 11.7. The van der Waals surface area contributed by atoms with Gasteiger partial charge in [-0.2, -0.15) is 0 Å². The van der Waals surface area contributed by atoms with Crippen LogP contribution in [0.25, 0.3) is 10.9 Å². The van der Waals surface area contributed by atoms with Crippen molar-refractivity contribution in [1.29, 1.82) is 0 Å². The van der Waals surface area contributed by atoms with E-state index in [1.165, 1.54) is 0 Å². The Balaban J connectivity index is 1.97. The molecule has 0 aliphatic carbocycles. The number of aromatic nitrogens is 2. The number of carboxylic acids is 1. The molecular weight excluding hydrogens is 264 g/mol. The van der Waals surface area contributed by atoms with Gasteiger partial charge in [0, 0.05) is 35.9 Å². The molecule has 0 amide bonds. The topological polar surface area (TPSA) is 58.0 Å². The van der Waals surface area contributed by atoms with E-state index in [4.69, 9.17) is 0 Å². The molecule has 4 nitrogen and oxygen atoms in total. The second-order valence-corrected chi connectivity index (χ2v) is 5.49. The van der Waals surface area contributed by atoms with E-state index in [1.807, 2.05) is 56.7 Å². The standard InChI is InChI=1S/C17H18N2O2/c1-11-9-19(10-12(11)2)16(17(20)21)7-13-8-18-15-6-4-3-5-14(13)15/h3-6,8-10,16,18H,7H2,1-2H3,(H,20,21)/t16-/m0/s1. The Labute approximate surface area is 123 Å². The van der Waals surface area contributed by atoms with Crippen molar-refractivity contribution in [2.75, 3.05) is 0 Å². The largest absolute Gasteiger partial charge is 0.480 e. The summed E-state index contributed by atoms with van der Waals surface area (Å²) in [6, 6.07) is 7.37. The Kier molecular flexibility index (Phi) is 3.29. The zero-order valence-corrected chi connectivity index (χ0v) is 12.1. The number of aryl methyl sites for hydroxylation is 2. The Bertz CT molecular complexity index is 779. The lowest BCUT2D eigenvalue weighted by atomic mass is 10.0. The summed E-state index contributed by atoms with van der Waals surface area (Å²) in [7, 11) is 0. The minimum absolute atomic E-state index is 0.465. The van der Waals surface area contributed by atoms with Crippen molar-refractivity contribution in [3.63, 3.8) is 0 Å². The average molecular weight is 282 g/mol. The van der Waals surface area contributed by atoms with Crippen molar-refractivity contribution >= 4 is 16.9 Å². The van der Waals surface area contributed by atoms with Gasteiger partial charge in [-0.1, -0.05) is 18.2 Å². The van der Waals surface area contributed by atoms with Crippen molar-refractivity contribution in [2.45, 2.75) is 26.3 Å². The number of rotatable bonds is 4. The van der Waals surface area contributed by atoms with E-state index < -0.39 is 12.0 Å². The molecule has 0 spiro atoms. The zero-order valence-electron chi connectivity index (χ0n) is 12.1. The third kappa shape index (κ3) is 2.44. The first-order chi connectivity index (χ1) is 10.1. The SMILES string of the molecule is Cc1cn([C@@H](Cc2c[nH]c3ccccc23)C(=O)O)cc1C. The van der Waals surface area contributed by atoms with Crippen LogP contribution in [0.15, 0.2) is 42.9 Å². The molecule has 108 valence electrons. The maximum absolute atomic E-state index is 11.7. The lowest BCUT2D eigenvalue weighted by Crippen LogP contribution is -2.20. The summed E-state index contributed by atoms with van der Waals surface area (Å²) in [5.41, 5.74) is 4.29. The Morgan fingerprint density at radius 1 is 1.24 bits per heavy atom. The van der Waals surface area contributed by atoms with E-state index in [0.29, 0.717) is 6.42 Å². The van der Waals surface area contributed by atoms with Crippen LogP contribution in [0.1, 0.15) is 22.7 Å². The van der Waals surface area contributed by atoms with Crippen LogP contribution in [0.2, 0.25) is 0 Å². The molecule has 1 atom stereocenters. The van der Waals surface area contributed by atoms with Gasteiger partial charge >= 0.3 is 5.97 Å². The highest BCUT2D eigenvalue weighted by Gasteiger charge is 2.21. The van der Waals surface area contributed by atoms with Crippen molar-refractivity contribution in [1.82, 2.24) is 9.55 Å². The highest BCUT2D eigenvalue weighted by molar-refractivity contribution is 5.84. The van der Waals surface area contributed by atoms with Gasteiger partial charge in [0.05, 0.1) is 0 Å². The summed E-state index contributed by atoms with van der Waals surface area (Å²) in [4.78, 5) is 14.9. The second-order valence-electron chi connectivity index (χ2n) is 5.49. The molecule has 2 N–H and O–H groups in total. The van der Waals surface area contributed by atoms with Crippen molar-refractivity contribution in [2.24, 2.45) is 0 Å². The number of nitrogens with zero attached hydrogens (tertiary/aromatic N) is 1. The number of carbonyl (C=O) groups is 1. The second kappa shape index (κ2) is 5.13. The summed E-state index contributed by atoms with van der Waals surface area (Å²) in [5.74, 6) is -0.810. The molecule has 0 unspecified atom stereocenters. The van der Waals surface area contributed by atoms with Crippen LogP contribution in [0, 0.1) is 13.8 Å². The van der Waals surface area contributed by atoms with Gasteiger partial charge in [-0.3, -0.25) is 0 Å². The van der Waals surface area contributed by atoms with Crippen LogP contribution in [0.3, 0.4) is 0 Å². The first kappa shape index (κ1) is 13.5. The van der Waals surface area contributed by atoms with E-state index in [9.17, 15) is 9.90 Å². The fourth-order valence-corrected chi connectivity index (χ4v) is 2.70. The van der Waals surface area contributed by atoms with E-state index in [2.05, 4.69) is 4.98 Å². The van der Waals surface area contributed by atoms with Crippen LogP contribution in [-0.4, -0.2) is 20.6 Å². The molecule has 0 saturated carbocycles. The molecule has 0 aliphatic heterocycles. The average Bonchev–Trinajstić information content (AvgIpc) is 3.00. The maximum Gasteiger partial charge on any atom is 0.327 e. The van der Waals surface area contributed by atoms with Crippen molar-refractivity contribution in [3.8, 4) is 0 Å². The van der Waals surface area contributed by atoms with Crippen molar-refractivity contribution < 1.29 is 9.90 Å². The Morgan fingerprint density at radius 2 is 1.90 bits per heavy atom. The highest BCUT2D eigenvalue weighted by atomic mass is 16.4. The van der Waals surface area contributed by atoms with Crippen LogP contribution in [0.4, 0.5) is 0 Å². The number of benzene rings is 1. The predicted molar refractivity (Wildman–Crippen MR) is 82.6 cm³/mol. The van der Waals surface area contributed by atoms with Crippen LogP contribution in [0.5, 0.6) is 0 Å². The van der Waals surface area contributed by atoms with Gasteiger partial charge in [0.2, 0.25) is 0 Å². The smallest absolute Gasteiger partial charge is 0.327 e. The molecule has 0 aliphatic rings. The lowest BCUT2D eigenvalue weighted by Gasteiger charge is -2.14. The molecule has 3 rings (SSSR count). The van der Waals surface area contributed by atoms with E-state index >= 15 is 0 Å². The van der Waals surface area contributed by atoms with Crippen LogP contribution < -0.4 is 0 Å². The molecule has 2 heterocycles. The third-order valence-corrected chi connectivity index (χ3v) is 4.04. The van der Waals surface area contributed by atoms with Gasteiger partial charge in [-0.05, 0) is 36.6 Å². The number of hydrogen-bond donors (Lipinski definition) is 2. The molecule has 0 bridgehead atoms. The Hall–Kier alpha value is -2.49. The molecule has 3 aromatic rings. The molecule has 21 heavy (non-hydrogen) atoms. The molecule has 0 saturated heterocycles. The number of carboxylic acid groups (broad SMARTS) is 1. The third-order valence-electron chi connectivity index (χ3n) is 4.04. The van der Waals surface area contributed by atoms with Crippen molar-refractivity contribution in [3.05, 3.63) is 59.5 Å². The summed E-state index contributed by atoms with van der Waals surface area (Å²) in [6.07, 6.45) is 6.18.